The van der Waals surface area contributed by atoms with Gasteiger partial charge < -0.3 is 4.42 Å². The van der Waals surface area contributed by atoms with Gasteiger partial charge in [0.2, 0.25) is 10.0 Å². The first kappa shape index (κ1) is 12.0. The minimum atomic E-state index is -3.05. The Balaban J connectivity index is 2.04. The van der Waals surface area contributed by atoms with Crippen molar-refractivity contribution in [1.29, 1.82) is 0 Å². The van der Waals surface area contributed by atoms with Crippen LogP contribution in [0.1, 0.15) is 17.4 Å². The Morgan fingerprint density at radius 2 is 2.31 bits per heavy atom. The number of sulfonamides is 1. The molecule has 1 saturated heterocycles. The summed E-state index contributed by atoms with van der Waals surface area (Å²) in [6.07, 6.45) is 3.74. The maximum absolute atomic E-state index is 11.4. The summed E-state index contributed by atoms with van der Waals surface area (Å²) < 4.78 is 29.8. The molecule has 0 saturated carbocycles. The van der Waals surface area contributed by atoms with Gasteiger partial charge in [-0.05, 0) is 18.6 Å². The van der Waals surface area contributed by atoms with E-state index in [1.54, 1.807) is 22.3 Å². The average molecular weight is 261 g/mol. The van der Waals surface area contributed by atoms with Crippen LogP contribution in [0, 0.1) is 0 Å². The van der Waals surface area contributed by atoms with E-state index in [0.29, 0.717) is 13.1 Å². The van der Waals surface area contributed by atoms with Gasteiger partial charge in [0.25, 0.3) is 0 Å². The van der Waals surface area contributed by atoms with Gasteiger partial charge in [0.15, 0.2) is 0 Å². The van der Waals surface area contributed by atoms with Crippen molar-refractivity contribution in [3.05, 3.63) is 24.2 Å². The number of nitrogens with zero attached hydrogens (tertiary/aromatic N) is 1. The van der Waals surface area contributed by atoms with Gasteiger partial charge in [0, 0.05) is 18.8 Å². The standard InChI is InChI=1S/C10H15NO3S2/c1-16(12,13)11-5-4-10(15-8-6-11)9-3-2-7-14-9/h2-3,7,10H,4-6,8H2,1H3. The lowest BCUT2D eigenvalue weighted by molar-refractivity contribution is 0.420. The first-order chi connectivity index (χ1) is 7.57. The predicted molar refractivity (Wildman–Crippen MR) is 64.9 cm³/mol. The molecule has 1 unspecified atom stereocenters. The molecule has 0 amide bonds. The Kier molecular flexibility index (Phi) is 3.61. The lowest BCUT2D eigenvalue weighted by Crippen LogP contribution is -2.31. The molecule has 0 radical (unpaired) electrons. The Morgan fingerprint density at radius 3 is 2.94 bits per heavy atom. The molecule has 1 aliphatic heterocycles. The van der Waals surface area contributed by atoms with Crippen LogP contribution in [0.25, 0.3) is 0 Å². The van der Waals surface area contributed by atoms with Gasteiger partial charge >= 0.3 is 0 Å². The monoisotopic (exact) mass is 261 g/mol. The SMILES string of the molecule is CS(=O)(=O)N1CCSC(c2ccco2)CC1. The molecule has 90 valence electrons. The Morgan fingerprint density at radius 1 is 1.50 bits per heavy atom. The molecule has 0 bridgehead atoms. The summed E-state index contributed by atoms with van der Waals surface area (Å²) in [6, 6.07) is 3.82. The minimum absolute atomic E-state index is 0.279. The quantitative estimate of drug-likeness (QED) is 0.813. The van der Waals surface area contributed by atoms with Gasteiger partial charge in [0.05, 0.1) is 17.8 Å². The van der Waals surface area contributed by atoms with Crippen molar-refractivity contribution in [3.8, 4) is 0 Å². The van der Waals surface area contributed by atoms with Gasteiger partial charge in [0.1, 0.15) is 5.76 Å². The van der Waals surface area contributed by atoms with Crippen molar-refractivity contribution < 1.29 is 12.8 Å². The summed E-state index contributed by atoms with van der Waals surface area (Å²) in [5, 5.41) is 0.279. The Bertz CT molecular complexity index is 427. The summed E-state index contributed by atoms with van der Waals surface area (Å²) in [7, 11) is -3.05. The Hall–Kier alpha value is -0.460. The van der Waals surface area contributed by atoms with E-state index >= 15 is 0 Å². The molecule has 4 nitrogen and oxygen atoms in total. The number of furan rings is 1. The highest BCUT2D eigenvalue weighted by Crippen LogP contribution is 2.34. The van der Waals surface area contributed by atoms with Gasteiger partial charge in [-0.3, -0.25) is 0 Å². The van der Waals surface area contributed by atoms with Gasteiger partial charge in [-0.15, -0.1) is 11.8 Å². The van der Waals surface area contributed by atoms with E-state index in [-0.39, 0.29) is 5.25 Å². The number of thioether (sulfide) groups is 1. The maximum atomic E-state index is 11.4. The number of rotatable bonds is 2. The number of hydrogen-bond acceptors (Lipinski definition) is 4. The molecule has 16 heavy (non-hydrogen) atoms. The minimum Gasteiger partial charge on any atom is -0.468 e. The first-order valence-corrected chi connectivity index (χ1v) is 8.07. The molecule has 6 heteroatoms. The van der Waals surface area contributed by atoms with Crippen LogP contribution < -0.4 is 0 Å². The summed E-state index contributed by atoms with van der Waals surface area (Å²) in [5.41, 5.74) is 0. The zero-order valence-electron chi connectivity index (χ0n) is 9.13. The fraction of sp³-hybridized carbons (Fsp3) is 0.600. The van der Waals surface area contributed by atoms with Gasteiger partial charge in [-0.2, -0.15) is 0 Å². The number of hydrogen-bond donors (Lipinski definition) is 0. The molecule has 1 aliphatic rings. The molecular formula is C10H15NO3S2. The highest BCUT2D eigenvalue weighted by atomic mass is 32.2. The molecule has 1 atom stereocenters. The zero-order chi connectivity index (χ0) is 11.6. The fourth-order valence-corrected chi connectivity index (χ4v) is 3.94. The highest BCUT2D eigenvalue weighted by Gasteiger charge is 2.24. The van der Waals surface area contributed by atoms with E-state index in [1.807, 2.05) is 12.1 Å². The van der Waals surface area contributed by atoms with Crippen LogP contribution in [-0.2, 0) is 10.0 Å². The molecule has 0 N–H and O–H groups in total. The highest BCUT2D eigenvalue weighted by molar-refractivity contribution is 7.99. The van der Waals surface area contributed by atoms with Crippen molar-refractivity contribution in [3.63, 3.8) is 0 Å². The fourth-order valence-electron chi connectivity index (χ4n) is 1.78. The van der Waals surface area contributed by atoms with E-state index in [2.05, 4.69) is 0 Å². The molecule has 1 aromatic heterocycles. The predicted octanol–water partition coefficient (Wildman–Crippen LogP) is 1.72. The largest absolute Gasteiger partial charge is 0.468 e. The third-order valence-electron chi connectivity index (χ3n) is 2.63. The average Bonchev–Trinajstić information content (AvgIpc) is 2.60. The molecule has 0 aromatic carbocycles. The van der Waals surface area contributed by atoms with Crippen LogP contribution >= 0.6 is 11.8 Å². The summed E-state index contributed by atoms with van der Waals surface area (Å²) in [6.45, 7) is 1.18. The van der Waals surface area contributed by atoms with Crippen molar-refractivity contribution in [2.24, 2.45) is 0 Å². The van der Waals surface area contributed by atoms with E-state index in [0.717, 1.165) is 17.9 Å². The molecule has 0 spiro atoms. The van der Waals surface area contributed by atoms with Gasteiger partial charge in [-0.25, -0.2) is 12.7 Å². The third-order valence-corrected chi connectivity index (χ3v) is 5.22. The molecule has 1 aromatic rings. The van der Waals surface area contributed by atoms with Crippen molar-refractivity contribution in [2.75, 3.05) is 25.1 Å². The second-order valence-corrected chi connectivity index (χ2v) is 7.12. The molecule has 1 fully saturated rings. The van der Waals surface area contributed by atoms with E-state index in [4.69, 9.17) is 4.42 Å². The van der Waals surface area contributed by atoms with E-state index in [9.17, 15) is 8.42 Å². The second kappa shape index (κ2) is 4.81. The van der Waals surface area contributed by atoms with Crippen LogP contribution in [0.2, 0.25) is 0 Å². The third kappa shape index (κ3) is 2.81. The topological polar surface area (TPSA) is 50.5 Å². The lowest BCUT2D eigenvalue weighted by atomic mass is 10.2. The summed E-state index contributed by atoms with van der Waals surface area (Å²) in [5.74, 6) is 1.76. The van der Waals surface area contributed by atoms with Crippen LogP contribution in [0.3, 0.4) is 0 Å². The van der Waals surface area contributed by atoms with Gasteiger partial charge in [-0.1, -0.05) is 0 Å². The second-order valence-electron chi connectivity index (χ2n) is 3.83. The lowest BCUT2D eigenvalue weighted by Gasteiger charge is -2.16. The van der Waals surface area contributed by atoms with E-state index in [1.165, 1.54) is 6.26 Å². The normalized spacial score (nSPS) is 24.2. The van der Waals surface area contributed by atoms with Crippen LogP contribution in [0.5, 0.6) is 0 Å². The molecule has 2 heterocycles. The van der Waals surface area contributed by atoms with Crippen molar-refractivity contribution >= 4 is 21.8 Å². The Labute approximate surface area is 100 Å². The van der Waals surface area contributed by atoms with Crippen LogP contribution in [0.15, 0.2) is 22.8 Å². The van der Waals surface area contributed by atoms with E-state index < -0.39 is 10.0 Å². The summed E-state index contributed by atoms with van der Waals surface area (Å²) in [4.78, 5) is 0. The van der Waals surface area contributed by atoms with Crippen molar-refractivity contribution in [2.45, 2.75) is 11.7 Å². The van der Waals surface area contributed by atoms with Crippen LogP contribution in [-0.4, -0.2) is 37.8 Å². The molecule has 0 aliphatic carbocycles. The smallest absolute Gasteiger partial charge is 0.211 e. The summed E-state index contributed by atoms with van der Waals surface area (Å²) >= 11 is 1.76. The van der Waals surface area contributed by atoms with Crippen molar-refractivity contribution in [1.82, 2.24) is 4.31 Å². The first-order valence-electron chi connectivity index (χ1n) is 5.17. The zero-order valence-corrected chi connectivity index (χ0v) is 10.8. The molecular weight excluding hydrogens is 246 g/mol. The molecule has 2 rings (SSSR count). The van der Waals surface area contributed by atoms with Crippen LogP contribution in [0.4, 0.5) is 0 Å². The maximum Gasteiger partial charge on any atom is 0.211 e.